The predicted octanol–water partition coefficient (Wildman–Crippen LogP) is 4.45. The second-order valence-corrected chi connectivity index (χ2v) is 5.41. The Morgan fingerprint density at radius 3 is 2.42 bits per heavy atom. The van der Waals surface area contributed by atoms with Crippen LogP contribution in [0, 0.1) is 0 Å². The maximum Gasteiger partial charge on any atom is 0.337 e. The van der Waals surface area contributed by atoms with Gasteiger partial charge in [0.1, 0.15) is 0 Å². The Bertz CT molecular complexity index is 718. The van der Waals surface area contributed by atoms with Crippen LogP contribution in [0.2, 0.25) is 5.02 Å². The molecule has 6 heteroatoms. The number of rotatable bonds is 8. The maximum absolute atomic E-state index is 11.0. The molecule has 0 amide bonds. The van der Waals surface area contributed by atoms with Crippen LogP contribution in [0.5, 0.6) is 11.5 Å². The summed E-state index contributed by atoms with van der Waals surface area (Å²) in [5, 5.41) is 12.4. The lowest BCUT2D eigenvalue weighted by molar-refractivity contribution is 0.0697. The highest BCUT2D eigenvalue weighted by atomic mass is 35.5. The fourth-order valence-corrected chi connectivity index (χ4v) is 2.47. The number of benzene rings is 2. The molecule has 0 spiro atoms. The van der Waals surface area contributed by atoms with Crippen LogP contribution in [-0.4, -0.2) is 24.3 Å². The molecule has 0 atom stereocenters. The first kappa shape index (κ1) is 17.9. The van der Waals surface area contributed by atoms with Crippen molar-refractivity contribution in [2.24, 2.45) is 0 Å². The number of carboxylic acid groups (broad SMARTS) is 1. The molecule has 0 heterocycles. The highest BCUT2D eigenvalue weighted by molar-refractivity contribution is 6.33. The maximum atomic E-state index is 11.0. The average molecular weight is 350 g/mol. The van der Waals surface area contributed by atoms with Gasteiger partial charge in [0.25, 0.3) is 0 Å². The van der Waals surface area contributed by atoms with Crippen molar-refractivity contribution in [3.05, 3.63) is 52.5 Å². The van der Waals surface area contributed by atoms with E-state index in [1.807, 2.05) is 32.0 Å². The van der Waals surface area contributed by atoms with E-state index < -0.39 is 5.97 Å². The average Bonchev–Trinajstić information content (AvgIpc) is 2.55. The molecule has 128 valence electrons. The predicted molar refractivity (Wildman–Crippen MR) is 94.5 cm³/mol. The van der Waals surface area contributed by atoms with Crippen molar-refractivity contribution in [3.63, 3.8) is 0 Å². The molecular weight excluding hydrogens is 330 g/mol. The van der Waals surface area contributed by atoms with Crippen molar-refractivity contribution < 1.29 is 19.4 Å². The molecule has 0 aliphatic carbocycles. The van der Waals surface area contributed by atoms with Gasteiger partial charge in [0.05, 0.1) is 23.8 Å². The summed E-state index contributed by atoms with van der Waals surface area (Å²) in [6, 6.07) is 10.5. The Labute approximate surface area is 146 Å². The normalized spacial score (nSPS) is 10.3. The first-order chi connectivity index (χ1) is 11.5. The molecule has 0 fully saturated rings. The third-order valence-electron chi connectivity index (χ3n) is 3.30. The quantitative estimate of drug-likeness (QED) is 0.737. The lowest BCUT2D eigenvalue weighted by Gasteiger charge is -2.13. The third-order valence-corrected chi connectivity index (χ3v) is 3.62. The summed E-state index contributed by atoms with van der Waals surface area (Å²) in [5.41, 5.74) is 1.85. The van der Waals surface area contributed by atoms with Crippen molar-refractivity contribution in [2.45, 2.75) is 20.4 Å². The summed E-state index contributed by atoms with van der Waals surface area (Å²) in [6.07, 6.45) is 0. The van der Waals surface area contributed by atoms with Crippen molar-refractivity contribution >= 4 is 23.3 Å². The van der Waals surface area contributed by atoms with Gasteiger partial charge in [-0.3, -0.25) is 0 Å². The van der Waals surface area contributed by atoms with Crippen molar-refractivity contribution in [3.8, 4) is 11.5 Å². The highest BCUT2D eigenvalue weighted by Crippen LogP contribution is 2.29. The Morgan fingerprint density at radius 2 is 1.79 bits per heavy atom. The third kappa shape index (κ3) is 4.55. The molecule has 0 aliphatic rings. The molecule has 0 saturated carbocycles. The number of carbonyl (C=O) groups is 1. The summed E-state index contributed by atoms with van der Waals surface area (Å²) < 4.78 is 11.1. The number of hydrogen-bond donors (Lipinski definition) is 2. The molecule has 0 radical (unpaired) electrons. The van der Waals surface area contributed by atoms with Gasteiger partial charge in [-0.1, -0.05) is 17.7 Å². The van der Waals surface area contributed by atoms with Gasteiger partial charge in [-0.05, 0) is 49.7 Å². The van der Waals surface area contributed by atoms with Crippen LogP contribution < -0.4 is 14.8 Å². The fourth-order valence-electron chi connectivity index (χ4n) is 2.21. The summed E-state index contributed by atoms with van der Waals surface area (Å²) in [6.45, 7) is 5.53. The Balaban J connectivity index is 2.10. The lowest BCUT2D eigenvalue weighted by atomic mass is 10.1. The second kappa shape index (κ2) is 8.45. The summed E-state index contributed by atoms with van der Waals surface area (Å²) in [5.74, 6) is 0.384. The van der Waals surface area contributed by atoms with Gasteiger partial charge in [0.15, 0.2) is 11.5 Å². The van der Waals surface area contributed by atoms with E-state index in [1.165, 1.54) is 6.07 Å². The first-order valence-electron chi connectivity index (χ1n) is 7.70. The van der Waals surface area contributed by atoms with Gasteiger partial charge < -0.3 is 19.9 Å². The number of anilines is 1. The summed E-state index contributed by atoms with van der Waals surface area (Å²) in [4.78, 5) is 11.0. The van der Waals surface area contributed by atoms with E-state index in [2.05, 4.69) is 5.32 Å². The molecule has 2 aromatic carbocycles. The minimum Gasteiger partial charge on any atom is -0.490 e. The molecule has 0 aromatic heterocycles. The molecule has 2 N–H and O–H groups in total. The Kier molecular flexibility index (Phi) is 6.32. The van der Waals surface area contributed by atoms with Crippen molar-refractivity contribution in [2.75, 3.05) is 18.5 Å². The molecule has 5 nitrogen and oxygen atoms in total. The van der Waals surface area contributed by atoms with Crippen molar-refractivity contribution in [1.82, 2.24) is 0 Å². The number of hydrogen-bond acceptors (Lipinski definition) is 4. The zero-order chi connectivity index (χ0) is 17.5. The van der Waals surface area contributed by atoms with E-state index in [0.717, 1.165) is 17.0 Å². The molecule has 0 unspecified atom stereocenters. The van der Waals surface area contributed by atoms with E-state index in [0.29, 0.717) is 25.5 Å². The van der Waals surface area contributed by atoms with Gasteiger partial charge >= 0.3 is 5.97 Å². The highest BCUT2D eigenvalue weighted by Gasteiger charge is 2.09. The lowest BCUT2D eigenvalue weighted by Crippen LogP contribution is -2.03. The van der Waals surface area contributed by atoms with Crippen LogP contribution >= 0.6 is 11.6 Å². The number of aromatic carboxylic acids is 1. The van der Waals surface area contributed by atoms with Crippen LogP contribution in [0.4, 0.5) is 5.69 Å². The van der Waals surface area contributed by atoms with Gasteiger partial charge in [0.2, 0.25) is 0 Å². The van der Waals surface area contributed by atoms with E-state index in [-0.39, 0.29) is 10.6 Å². The molecule has 24 heavy (non-hydrogen) atoms. The van der Waals surface area contributed by atoms with Crippen LogP contribution in [-0.2, 0) is 6.54 Å². The fraction of sp³-hybridized carbons (Fsp3) is 0.278. The van der Waals surface area contributed by atoms with E-state index in [9.17, 15) is 4.79 Å². The molecule has 0 aliphatic heterocycles. The van der Waals surface area contributed by atoms with Crippen LogP contribution in [0.1, 0.15) is 29.8 Å². The number of halogens is 1. The second-order valence-electron chi connectivity index (χ2n) is 5.00. The number of carboxylic acids is 1. The minimum absolute atomic E-state index is 0.0851. The van der Waals surface area contributed by atoms with E-state index >= 15 is 0 Å². The monoisotopic (exact) mass is 349 g/mol. The molecule has 2 rings (SSSR count). The standard InChI is InChI=1S/C18H20ClNO4/c1-3-23-16-8-5-12(9-17(16)24-4-2)11-20-13-6-7-14(18(21)22)15(19)10-13/h5-10,20H,3-4,11H2,1-2H3,(H,21,22). The SMILES string of the molecule is CCOc1ccc(CNc2ccc(C(=O)O)c(Cl)c2)cc1OCC. The summed E-state index contributed by atoms with van der Waals surface area (Å²) in [7, 11) is 0. The molecular formula is C18H20ClNO4. The molecule has 0 bridgehead atoms. The smallest absolute Gasteiger partial charge is 0.337 e. The minimum atomic E-state index is -1.04. The summed E-state index contributed by atoms with van der Waals surface area (Å²) >= 11 is 5.97. The van der Waals surface area contributed by atoms with Gasteiger partial charge in [0, 0.05) is 12.2 Å². The van der Waals surface area contributed by atoms with Gasteiger partial charge in [-0.2, -0.15) is 0 Å². The Hall–Kier alpha value is -2.40. The van der Waals surface area contributed by atoms with E-state index in [1.54, 1.807) is 12.1 Å². The van der Waals surface area contributed by atoms with Crippen molar-refractivity contribution in [1.29, 1.82) is 0 Å². The number of ether oxygens (including phenoxy) is 2. The molecule has 2 aromatic rings. The van der Waals surface area contributed by atoms with Gasteiger partial charge in [-0.25, -0.2) is 4.79 Å². The van der Waals surface area contributed by atoms with Crippen LogP contribution in [0.3, 0.4) is 0 Å². The first-order valence-corrected chi connectivity index (χ1v) is 8.08. The molecule has 0 saturated heterocycles. The topological polar surface area (TPSA) is 67.8 Å². The Morgan fingerprint density at radius 1 is 1.08 bits per heavy atom. The zero-order valence-electron chi connectivity index (χ0n) is 13.6. The zero-order valence-corrected chi connectivity index (χ0v) is 14.4. The van der Waals surface area contributed by atoms with Crippen LogP contribution in [0.15, 0.2) is 36.4 Å². The van der Waals surface area contributed by atoms with Crippen LogP contribution in [0.25, 0.3) is 0 Å². The van der Waals surface area contributed by atoms with Gasteiger partial charge in [-0.15, -0.1) is 0 Å². The number of nitrogens with one attached hydrogen (secondary N) is 1. The largest absolute Gasteiger partial charge is 0.490 e. The van der Waals surface area contributed by atoms with E-state index in [4.69, 9.17) is 26.2 Å².